The lowest BCUT2D eigenvalue weighted by atomic mass is 10.0. The van der Waals surface area contributed by atoms with Crippen LogP contribution >= 0.6 is 0 Å². The maximum atomic E-state index is 5.62. The molecule has 3 heteroatoms. The molecular weight excluding hydrogens is 140 g/mol. The number of hydrogen-bond donors (Lipinski definition) is 1. The maximum Gasteiger partial charge on any atom is 0.170 e. The van der Waals surface area contributed by atoms with Crippen molar-refractivity contribution in [3.63, 3.8) is 0 Å². The fraction of sp³-hybridized carbons (Fsp3) is 0.625. The first kappa shape index (κ1) is 6.70. The highest BCUT2D eigenvalue weighted by Crippen LogP contribution is 2.36. The topological polar surface area (TPSA) is 52.0 Å². The third-order valence-corrected chi connectivity index (χ3v) is 2.42. The summed E-state index contributed by atoms with van der Waals surface area (Å²) >= 11 is 0. The first-order valence-electron chi connectivity index (χ1n) is 4.07. The van der Waals surface area contributed by atoms with Crippen molar-refractivity contribution in [3.05, 3.63) is 11.8 Å². The molecule has 0 saturated heterocycles. The van der Waals surface area contributed by atoms with E-state index in [4.69, 9.17) is 10.3 Å². The van der Waals surface area contributed by atoms with Gasteiger partial charge in [-0.1, -0.05) is 18.0 Å². The fourth-order valence-electron chi connectivity index (χ4n) is 1.80. The van der Waals surface area contributed by atoms with Gasteiger partial charge < -0.3 is 10.3 Å². The summed E-state index contributed by atoms with van der Waals surface area (Å²) in [5.41, 5.74) is 6.73. The maximum absolute atomic E-state index is 5.62. The Labute approximate surface area is 65.6 Å². The van der Waals surface area contributed by atoms with Crippen molar-refractivity contribution in [2.24, 2.45) is 0 Å². The molecule has 0 amide bonds. The van der Waals surface area contributed by atoms with Crippen molar-refractivity contribution in [1.29, 1.82) is 0 Å². The van der Waals surface area contributed by atoms with Gasteiger partial charge >= 0.3 is 0 Å². The van der Waals surface area contributed by atoms with Crippen LogP contribution in [0, 0.1) is 0 Å². The summed E-state index contributed by atoms with van der Waals surface area (Å²) in [6, 6.07) is 0. The van der Waals surface area contributed by atoms with Gasteiger partial charge in [0.1, 0.15) is 6.26 Å². The second-order valence-corrected chi connectivity index (χ2v) is 3.14. The standard InChI is InChI=1S/C8H12N2O/c9-8-7(5-11-10-8)6-3-1-2-4-6/h5-6H,1-4H2,(H2,9,10). The van der Waals surface area contributed by atoms with E-state index in [1.807, 2.05) is 0 Å². The lowest BCUT2D eigenvalue weighted by molar-refractivity contribution is 0.421. The molecule has 0 spiro atoms. The van der Waals surface area contributed by atoms with Crippen LogP contribution in [0.2, 0.25) is 0 Å². The first-order valence-corrected chi connectivity index (χ1v) is 4.07. The summed E-state index contributed by atoms with van der Waals surface area (Å²) in [6.45, 7) is 0. The van der Waals surface area contributed by atoms with E-state index in [2.05, 4.69) is 5.16 Å². The average Bonchev–Trinajstić information content (AvgIpc) is 2.55. The van der Waals surface area contributed by atoms with Gasteiger partial charge in [0, 0.05) is 5.56 Å². The minimum Gasteiger partial charge on any atom is -0.381 e. The molecule has 2 rings (SSSR count). The summed E-state index contributed by atoms with van der Waals surface area (Å²) in [5, 5.41) is 3.66. The molecule has 0 radical (unpaired) electrons. The molecule has 1 fully saturated rings. The van der Waals surface area contributed by atoms with Gasteiger partial charge in [0.05, 0.1) is 0 Å². The molecule has 1 saturated carbocycles. The van der Waals surface area contributed by atoms with Crippen molar-refractivity contribution in [3.8, 4) is 0 Å². The van der Waals surface area contributed by atoms with E-state index >= 15 is 0 Å². The second-order valence-electron chi connectivity index (χ2n) is 3.14. The van der Waals surface area contributed by atoms with Gasteiger partial charge in [-0.15, -0.1) is 0 Å². The highest BCUT2D eigenvalue weighted by Gasteiger charge is 2.21. The molecule has 0 unspecified atom stereocenters. The molecule has 2 N–H and O–H groups in total. The lowest BCUT2D eigenvalue weighted by Crippen LogP contribution is -1.95. The number of nitrogens with zero attached hydrogens (tertiary/aromatic N) is 1. The van der Waals surface area contributed by atoms with Crippen LogP contribution in [-0.2, 0) is 0 Å². The average molecular weight is 152 g/mol. The summed E-state index contributed by atoms with van der Waals surface area (Å²) in [6.07, 6.45) is 6.80. The summed E-state index contributed by atoms with van der Waals surface area (Å²) in [4.78, 5) is 0. The van der Waals surface area contributed by atoms with E-state index in [0.29, 0.717) is 11.7 Å². The van der Waals surface area contributed by atoms with E-state index < -0.39 is 0 Å². The molecule has 1 aromatic heterocycles. The Kier molecular flexibility index (Phi) is 1.56. The fourth-order valence-corrected chi connectivity index (χ4v) is 1.80. The Morgan fingerprint density at radius 2 is 2.18 bits per heavy atom. The van der Waals surface area contributed by atoms with Gasteiger partial charge in [-0.25, -0.2) is 0 Å². The number of nitrogens with two attached hydrogens (primary N) is 1. The first-order chi connectivity index (χ1) is 5.38. The quantitative estimate of drug-likeness (QED) is 0.668. The lowest BCUT2D eigenvalue weighted by Gasteiger charge is -2.03. The van der Waals surface area contributed by atoms with Gasteiger partial charge in [-0.2, -0.15) is 0 Å². The molecule has 1 aromatic rings. The van der Waals surface area contributed by atoms with Gasteiger partial charge in [0.15, 0.2) is 5.82 Å². The molecule has 0 atom stereocenters. The van der Waals surface area contributed by atoms with Crippen molar-refractivity contribution in [2.75, 3.05) is 5.73 Å². The van der Waals surface area contributed by atoms with Crippen LogP contribution in [0.25, 0.3) is 0 Å². The van der Waals surface area contributed by atoms with Crippen LogP contribution in [0.1, 0.15) is 37.2 Å². The third-order valence-electron chi connectivity index (χ3n) is 2.42. The number of nitrogen functional groups attached to an aromatic ring is 1. The predicted octanol–water partition coefficient (Wildman–Crippen LogP) is 1.91. The van der Waals surface area contributed by atoms with E-state index in [0.717, 1.165) is 5.56 Å². The summed E-state index contributed by atoms with van der Waals surface area (Å²) < 4.78 is 4.78. The molecule has 0 aromatic carbocycles. The smallest absolute Gasteiger partial charge is 0.170 e. The predicted molar refractivity (Wildman–Crippen MR) is 42.1 cm³/mol. The van der Waals surface area contributed by atoms with Crippen molar-refractivity contribution in [2.45, 2.75) is 31.6 Å². The van der Waals surface area contributed by atoms with Gasteiger partial charge in [-0.3, -0.25) is 0 Å². The zero-order valence-electron chi connectivity index (χ0n) is 6.42. The van der Waals surface area contributed by atoms with Gasteiger partial charge in [0.25, 0.3) is 0 Å². The molecule has 11 heavy (non-hydrogen) atoms. The third kappa shape index (κ3) is 1.11. The molecule has 1 aliphatic rings. The minimum absolute atomic E-state index is 0.580. The molecule has 0 bridgehead atoms. The number of anilines is 1. The Morgan fingerprint density at radius 3 is 2.73 bits per heavy atom. The Hall–Kier alpha value is -0.990. The van der Waals surface area contributed by atoms with Gasteiger partial charge in [0.2, 0.25) is 0 Å². The highest BCUT2D eigenvalue weighted by atomic mass is 16.5. The molecule has 1 heterocycles. The van der Waals surface area contributed by atoms with Crippen molar-refractivity contribution in [1.82, 2.24) is 5.16 Å². The molecule has 60 valence electrons. The van der Waals surface area contributed by atoms with Crippen molar-refractivity contribution >= 4 is 5.82 Å². The summed E-state index contributed by atoms with van der Waals surface area (Å²) in [7, 11) is 0. The van der Waals surface area contributed by atoms with E-state index in [-0.39, 0.29) is 0 Å². The van der Waals surface area contributed by atoms with Crippen LogP contribution in [0.5, 0.6) is 0 Å². The van der Waals surface area contributed by atoms with Crippen LogP contribution in [0.15, 0.2) is 10.8 Å². The zero-order valence-corrected chi connectivity index (χ0v) is 6.42. The number of hydrogen-bond acceptors (Lipinski definition) is 3. The summed E-state index contributed by atoms with van der Waals surface area (Å²) in [5.74, 6) is 1.19. The zero-order chi connectivity index (χ0) is 7.68. The Morgan fingerprint density at radius 1 is 1.45 bits per heavy atom. The normalized spacial score (nSPS) is 19.3. The van der Waals surface area contributed by atoms with E-state index in [1.165, 1.54) is 25.7 Å². The van der Waals surface area contributed by atoms with Crippen LogP contribution < -0.4 is 5.73 Å². The SMILES string of the molecule is Nc1nocc1C1CCCC1. The Balaban J connectivity index is 2.21. The van der Waals surface area contributed by atoms with Crippen LogP contribution in [-0.4, -0.2) is 5.16 Å². The number of rotatable bonds is 1. The van der Waals surface area contributed by atoms with Crippen LogP contribution in [0.4, 0.5) is 5.82 Å². The monoisotopic (exact) mass is 152 g/mol. The van der Waals surface area contributed by atoms with E-state index in [9.17, 15) is 0 Å². The van der Waals surface area contributed by atoms with Gasteiger partial charge in [-0.05, 0) is 18.8 Å². The number of aromatic nitrogens is 1. The largest absolute Gasteiger partial charge is 0.381 e. The van der Waals surface area contributed by atoms with Crippen LogP contribution in [0.3, 0.4) is 0 Å². The van der Waals surface area contributed by atoms with Crippen molar-refractivity contribution < 1.29 is 4.52 Å². The molecule has 0 aliphatic heterocycles. The highest BCUT2D eigenvalue weighted by molar-refractivity contribution is 5.38. The minimum atomic E-state index is 0.580. The second kappa shape index (κ2) is 2.57. The molecular formula is C8H12N2O. The molecule has 1 aliphatic carbocycles. The Bertz CT molecular complexity index is 238. The van der Waals surface area contributed by atoms with E-state index in [1.54, 1.807) is 6.26 Å². The molecule has 3 nitrogen and oxygen atoms in total.